The summed E-state index contributed by atoms with van der Waals surface area (Å²) in [7, 11) is 1.26. The van der Waals surface area contributed by atoms with E-state index in [1.54, 1.807) is 24.3 Å². The van der Waals surface area contributed by atoms with E-state index in [1.165, 1.54) is 7.11 Å². The predicted molar refractivity (Wildman–Crippen MR) is 105 cm³/mol. The molecule has 160 valence electrons. The van der Waals surface area contributed by atoms with Crippen molar-refractivity contribution in [2.45, 2.75) is 45.3 Å². The zero-order chi connectivity index (χ0) is 21.2. The maximum Gasteiger partial charge on any atom is 0.338 e. The van der Waals surface area contributed by atoms with Gasteiger partial charge in [-0.25, -0.2) is 9.59 Å². The minimum Gasteiger partial charge on any atom is -0.491 e. The molecule has 1 aliphatic rings. The minimum absolute atomic E-state index is 0.114. The number of esters is 2. The molecule has 1 aromatic rings. The van der Waals surface area contributed by atoms with E-state index in [0.717, 1.165) is 19.4 Å². The van der Waals surface area contributed by atoms with Crippen LogP contribution in [0.15, 0.2) is 24.3 Å². The monoisotopic (exact) mass is 407 g/mol. The molecule has 0 aromatic heterocycles. The summed E-state index contributed by atoms with van der Waals surface area (Å²) in [6.45, 7) is 4.61. The Morgan fingerprint density at radius 1 is 1.21 bits per heavy atom. The molecule has 1 saturated heterocycles. The van der Waals surface area contributed by atoms with Gasteiger partial charge in [0.05, 0.1) is 18.8 Å². The van der Waals surface area contributed by atoms with Gasteiger partial charge >= 0.3 is 11.9 Å². The van der Waals surface area contributed by atoms with Gasteiger partial charge in [-0.1, -0.05) is 13.8 Å². The highest BCUT2D eigenvalue weighted by atomic mass is 16.5. The SMILES string of the molecule is COC(=O)[C@H](CC(C)C)NC(=O)COC(=O)c1ccc(OC[C@H]2CCCO2)cc1. The van der Waals surface area contributed by atoms with Gasteiger partial charge in [-0.3, -0.25) is 4.79 Å². The summed E-state index contributed by atoms with van der Waals surface area (Å²) in [6.07, 6.45) is 2.58. The first kappa shape index (κ1) is 22.7. The van der Waals surface area contributed by atoms with Crippen LogP contribution in [0, 0.1) is 5.92 Å². The van der Waals surface area contributed by atoms with E-state index < -0.39 is 30.5 Å². The fourth-order valence-electron chi connectivity index (χ4n) is 2.93. The molecule has 1 aliphatic heterocycles. The number of methoxy groups -OCH3 is 1. The van der Waals surface area contributed by atoms with Crippen molar-refractivity contribution in [2.24, 2.45) is 5.92 Å². The zero-order valence-corrected chi connectivity index (χ0v) is 17.1. The molecule has 8 heteroatoms. The van der Waals surface area contributed by atoms with Gasteiger partial charge in [0.25, 0.3) is 5.91 Å². The van der Waals surface area contributed by atoms with Gasteiger partial charge in [0.15, 0.2) is 6.61 Å². The molecule has 1 aromatic carbocycles. The van der Waals surface area contributed by atoms with Crippen molar-refractivity contribution in [1.29, 1.82) is 0 Å². The molecule has 2 atom stereocenters. The summed E-state index contributed by atoms with van der Waals surface area (Å²) >= 11 is 0. The molecule has 1 N–H and O–H groups in total. The first-order chi connectivity index (χ1) is 13.9. The van der Waals surface area contributed by atoms with Gasteiger partial charge in [0.2, 0.25) is 0 Å². The summed E-state index contributed by atoms with van der Waals surface area (Å²) in [5.41, 5.74) is 0.300. The number of nitrogens with one attached hydrogen (secondary N) is 1. The molecule has 2 rings (SSSR count). The molecule has 1 fully saturated rings. The molecule has 1 amide bonds. The van der Waals surface area contributed by atoms with Crippen LogP contribution in [0.25, 0.3) is 0 Å². The molecule has 0 saturated carbocycles. The Hall–Kier alpha value is -2.61. The lowest BCUT2D eigenvalue weighted by Gasteiger charge is -2.18. The maximum atomic E-state index is 12.1. The Labute approximate surface area is 170 Å². The highest BCUT2D eigenvalue weighted by Gasteiger charge is 2.23. The molecular formula is C21H29NO7. The van der Waals surface area contributed by atoms with Gasteiger partial charge in [-0.05, 0) is 49.4 Å². The van der Waals surface area contributed by atoms with Crippen molar-refractivity contribution in [2.75, 3.05) is 26.9 Å². The lowest BCUT2D eigenvalue weighted by molar-refractivity contribution is -0.145. The number of amides is 1. The van der Waals surface area contributed by atoms with Crippen molar-refractivity contribution in [3.63, 3.8) is 0 Å². The van der Waals surface area contributed by atoms with Crippen LogP contribution in [-0.2, 0) is 23.8 Å². The lowest BCUT2D eigenvalue weighted by Crippen LogP contribution is -2.44. The van der Waals surface area contributed by atoms with E-state index in [2.05, 4.69) is 5.32 Å². The number of carbonyl (C=O) groups is 3. The van der Waals surface area contributed by atoms with Crippen molar-refractivity contribution < 1.29 is 33.3 Å². The molecule has 8 nitrogen and oxygen atoms in total. The fraction of sp³-hybridized carbons (Fsp3) is 0.571. The number of hydrogen-bond donors (Lipinski definition) is 1. The third kappa shape index (κ3) is 7.73. The van der Waals surface area contributed by atoms with Gasteiger partial charge in [-0.2, -0.15) is 0 Å². The Bertz CT molecular complexity index is 681. The number of hydrogen-bond acceptors (Lipinski definition) is 7. The first-order valence-corrected chi connectivity index (χ1v) is 9.77. The minimum atomic E-state index is -0.772. The van der Waals surface area contributed by atoms with Crippen molar-refractivity contribution in [3.05, 3.63) is 29.8 Å². The number of carbonyl (C=O) groups excluding carboxylic acids is 3. The van der Waals surface area contributed by atoms with Crippen LogP contribution in [-0.4, -0.2) is 56.9 Å². The Balaban J connectivity index is 1.78. The second kappa shape index (κ2) is 11.4. The van der Waals surface area contributed by atoms with Crippen LogP contribution in [0.4, 0.5) is 0 Å². The quantitative estimate of drug-likeness (QED) is 0.593. The number of benzene rings is 1. The van der Waals surface area contributed by atoms with Crippen LogP contribution >= 0.6 is 0 Å². The van der Waals surface area contributed by atoms with E-state index in [9.17, 15) is 14.4 Å². The normalized spacial score (nSPS) is 16.9. The Morgan fingerprint density at radius 2 is 1.93 bits per heavy atom. The molecule has 29 heavy (non-hydrogen) atoms. The number of rotatable bonds is 10. The van der Waals surface area contributed by atoms with Gasteiger partial charge in [0, 0.05) is 6.61 Å². The highest BCUT2D eigenvalue weighted by Crippen LogP contribution is 2.17. The van der Waals surface area contributed by atoms with E-state index in [1.807, 2.05) is 13.8 Å². The summed E-state index contributed by atoms with van der Waals surface area (Å²) in [4.78, 5) is 35.9. The summed E-state index contributed by atoms with van der Waals surface area (Å²) in [6, 6.07) is 5.71. The maximum absolute atomic E-state index is 12.1. The molecule has 0 bridgehead atoms. The molecule has 0 unspecified atom stereocenters. The standard InChI is InChI=1S/C21H29NO7/c1-14(2)11-18(21(25)26-3)22-19(23)13-29-20(24)15-6-8-16(9-7-15)28-12-17-5-4-10-27-17/h6-9,14,17-18H,4-5,10-13H2,1-3H3,(H,22,23)/t17-,18+/m1/s1. The molecule has 1 heterocycles. The van der Waals surface area contributed by atoms with Gasteiger partial charge < -0.3 is 24.3 Å². The fourth-order valence-corrected chi connectivity index (χ4v) is 2.93. The van der Waals surface area contributed by atoms with E-state index >= 15 is 0 Å². The molecule has 0 spiro atoms. The predicted octanol–water partition coefficient (Wildman–Crippen LogP) is 2.11. The van der Waals surface area contributed by atoms with Crippen LogP contribution in [0.3, 0.4) is 0 Å². The number of ether oxygens (including phenoxy) is 4. The van der Waals surface area contributed by atoms with Crippen LogP contribution in [0.5, 0.6) is 5.75 Å². The van der Waals surface area contributed by atoms with E-state index in [4.69, 9.17) is 18.9 Å². The van der Waals surface area contributed by atoms with E-state index in [0.29, 0.717) is 24.3 Å². The van der Waals surface area contributed by atoms with Gasteiger partial charge in [-0.15, -0.1) is 0 Å². The smallest absolute Gasteiger partial charge is 0.338 e. The third-order valence-corrected chi connectivity index (χ3v) is 4.41. The van der Waals surface area contributed by atoms with Gasteiger partial charge in [0.1, 0.15) is 18.4 Å². The van der Waals surface area contributed by atoms with Crippen LogP contribution in [0.1, 0.15) is 43.5 Å². The summed E-state index contributed by atoms with van der Waals surface area (Å²) in [5, 5.41) is 2.54. The Morgan fingerprint density at radius 3 is 2.52 bits per heavy atom. The van der Waals surface area contributed by atoms with Crippen molar-refractivity contribution >= 4 is 17.8 Å². The molecule has 0 aliphatic carbocycles. The van der Waals surface area contributed by atoms with Crippen LogP contribution in [0.2, 0.25) is 0 Å². The van der Waals surface area contributed by atoms with E-state index in [-0.39, 0.29) is 12.0 Å². The van der Waals surface area contributed by atoms with Crippen molar-refractivity contribution in [1.82, 2.24) is 5.32 Å². The summed E-state index contributed by atoms with van der Waals surface area (Å²) < 4.78 is 20.9. The topological polar surface area (TPSA) is 100 Å². The van der Waals surface area contributed by atoms with Crippen molar-refractivity contribution in [3.8, 4) is 5.75 Å². The Kier molecular flexibility index (Phi) is 8.92. The average Bonchev–Trinajstić information content (AvgIpc) is 3.23. The second-order valence-corrected chi connectivity index (χ2v) is 7.32. The third-order valence-electron chi connectivity index (χ3n) is 4.41. The average molecular weight is 407 g/mol. The largest absolute Gasteiger partial charge is 0.491 e. The highest BCUT2D eigenvalue weighted by molar-refractivity contribution is 5.92. The first-order valence-electron chi connectivity index (χ1n) is 9.77. The molecular weight excluding hydrogens is 378 g/mol. The zero-order valence-electron chi connectivity index (χ0n) is 17.1. The van der Waals surface area contributed by atoms with Crippen LogP contribution < -0.4 is 10.1 Å². The summed E-state index contributed by atoms with van der Waals surface area (Å²) in [5.74, 6) is -0.917. The molecule has 0 radical (unpaired) electrons. The second-order valence-electron chi connectivity index (χ2n) is 7.32. The lowest BCUT2D eigenvalue weighted by atomic mass is 10.0.